The summed E-state index contributed by atoms with van der Waals surface area (Å²) in [5, 5.41) is 0. The van der Waals surface area contributed by atoms with Gasteiger partial charge in [0.15, 0.2) is 0 Å². The second kappa shape index (κ2) is 2.52. The molecule has 3 aromatic heterocycles. The molecule has 0 amide bonds. The van der Waals surface area contributed by atoms with Crippen molar-refractivity contribution in [2.45, 2.75) is 11.6 Å². The van der Waals surface area contributed by atoms with Crippen molar-refractivity contribution in [3.63, 3.8) is 0 Å². The lowest BCUT2D eigenvalue weighted by Gasteiger charge is -2.11. The first-order chi connectivity index (χ1) is 7.11. The predicted octanol–water partition coefficient (Wildman–Crippen LogP) is -1.91. The Morgan fingerprint density at radius 1 is 1.20 bits per heavy atom. The Morgan fingerprint density at radius 3 is 2.13 bits per heavy atom. The molecule has 0 radical (unpaired) electrons. The Labute approximate surface area is 85.1 Å². The molecule has 0 spiro atoms. The van der Waals surface area contributed by atoms with Crippen molar-refractivity contribution in [1.29, 1.82) is 0 Å². The number of hydrogen-bond donors (Lipinski definition) is 0. The molecule has 1 aliphatic rings. The third-order valence-corrected chi connectivity index (χ3v) is 2.66. The summed E-state index contributed by atoms with van der Waals surface area (Å²) in [5.41, 5.74) is -3.49. The molecule has 80 valence electrons. The number of halogens is 1. The zero-order valence-corrected chi connectivity index (χ0v) is 7.88. The van der Waals surface area contributed by atoms with Crippen molar-refractivity contribution < 1.29 is 9.37 Å². The molecular weight excluding hydrogens is 230 g/mol. The lowest BCUT2D eigenvalue weighted by molar-refractivity contribution is 0.0806. The molecule has 8 nitrogen and oxygen atoms in total. The second-order valence-electron chi connectivity index (χ2n) is 3.13. The minimum Gasteiger partial charge on any atom is -0.369 e. The van der Waals surface area contributed by atoms with Gasteiger partial charge in [0.1, 0.15) is 11.6 Å². The van der Waals surface area contributed by atoms with Crippen LogP contribution in [0.4, 0.5) is 0 Å². The number of ether oxygens (including phenoxy) is 1. The van der Waals surface area contributed by atoms with Crippen LogP contribution in [0.15, 0.2) is 19.0 Å². The number of rotatable bonds is 2. The number of epoxide rings is 1. The van der Waals surface area contributed by atoms with Crippen LogP contribution in [0, 0.1) is 0 Å². The maximum Gasteiger partial charge on any atom is 0.408 e. The van der Waals surface area contributed by atoms with Gasteiger partial charge in [-0.05, 0) is 9.15 Å². The van der Waals surface area contributed by atoms with E-state index < -0.39 is 22.6 Å². The maximum atomic E-state index is 11.5. The van der Waals surface area contributed by atoms with Gasteiger partial charge in [-0.1, -0.05) is 11.6 Å². The van der Waals surface area contributed by atoms with Gasteiger partial charge in [-0.3, -0.25) is 4.63 Å². The highest BCUT2D eigenvalue weighted by atomic mass is 35.5. The Kier molecular flexibility index (Phi) is 1.47. The zero-order valence-electron chi connectivity index (χ0n) is 7.12. The third kappa shape index (κ3) is 0.972. The van der Waals surface area contributed by atoms with Crippen LogP contribution in [0.25, 0.3) is 0 Å². The van der Waals surface area contributed by atoms with Crippen LogP contribution in [0.2, 0.25) is 0 Å². The Morgan fingerprint density at radius 2 is 1.73 bits per heavy atom. The number of nitrogens with zero attached hydrogens (tertiary/aromatic N) is 3. The van der Waals surface area contributed by atoms with Gasteiger partial charge in [0.25, 0.3) is 0 Å². The summed E-state index contributed by atoms with van der Waals surface area (Å²) >= 11 is 5.82. The molecular formula is C6H4ClN3O5. The van der Waals surface area contributed by atoms with Gasteiger partial charge in [-0.15, -0.1) is 0 Å². The fourth-order valence-corrected chi connectivity index (χ4v) is 1.62. The van der Waals surface area contributed by atoms with E-state index in [9.17, 15) is 14.4 Å². The van der Waals surface area contributed by atoms with E-state index in [1.54, 1.807) is 0 Å². The average molecular weight is 234 g/mol. The van der Waals surface area contributed by atoms with E-state index in [0.29, 0.717) is 15.8 Å². The quantitative estimate of drug-likeness (QED) is 0.446. The first kappa shape index (κ1) is 8.74. The van der Waals surface area contributed by atoms with E-state index in [-0.39, 0.29) is 6.10 Å². The van der Waals surface area contributed by atoms with Crippen LogP contribution in [-0.4, -0.2) is 26.4 Å². The predicted molar refractivity (Wildman–Crippen MR) is 45.7 cm³/mol. The van der Waals surface area contributed by atoms with Gasteiger partial charge in [0.2, 0.25) is 0 Å². The van der Waals surface area contributed by atoms with E-state index in [1.807, 2.05) is 0 Å². The summed E-state index contributed by atoms with van der Waals surface area (Å²) in [6, 6.07) is 0. The Bertz CT molecular complexity index is 629. The Hall–Kier alpha value is -1.54. The van der Waals surface area contributed by atoms with Crippen molar-refractivity contribution in [2.24, 2.45) is 0 Å². The SMILES string of the molecule is O=c1n(C(Cl)C2CO2)c(=O)n2on1c2=O. The van der Waals surface area contributed by atoms with Gasteiger partial charge in [0, 0.05) is 0 Å². The fourth-order valence-electron chi connectivity index (χ4n) is 1.30. The second-order valence-corrected chi connectivity index (χ2v) is 3.58. The molecule has 15 heavy (non-hydrogen) atoms. The minimum atomic E-state index is -0.910. The van der Waals surface area contributed by atoms with Gasteiger partial charge < -0.3 is 4.74 Å². The molecule has 4 rings (SSSR count). The lowest BCUT2D eigenvalue weighted by Crippen LogP contribution is -2.55. The van der Waals surface area contributed by atoms with Gasteiger partial charge >= 0.3 is 17.1 Å². The van der Waals surface area contributed by atoms with Crippen LogP contribution in [0.1, 0.15) is 5.50 Å². The largest absolute Gasteiger partial charge is 0.408 e. The molecule has 0 aliphatic carbocycles. The third-order valence-electron chi connectivity index (χ3n) is 2.18. The molecule has 0 saturated carbocycles. The van der Waals surface area contributed by atoms with Crippen LogP contribution in [-0.2, 0) is 4.74 Å². The topological polar surface area (TPSA) is 90.6 Å². The van der Waals surface area contributed by atoms with Crippen LogP contribution in [0.5, 0.6) is 0 Å². The number of fused-ring (bicyclic) bond motifs is 2. The molecule has 2 unspecified atom stereocenters. The summed E-state index contributed by atoms with van der Waals surface area (Å²) in [4.78, 5) is 34.0. The molecule has 1 saturated heterocycles. The minimum absolute atomic E-state index is 0.366. The number of aromatic nitrogens is 3. The molecule has 0 aromatic carbocycles. The molecule has 9 heteroatoms. The molecule has 1 aliphatic heterocycles. The van der Waals surface area contributed by atoms with E-state index in [2.05, 4.69) is 4.63 Å². The average Bonchev–Trinajstić information content (AvgIpc) is 2.97. The standard InChI is InChI=1S/C6H4ClN3O5/c7-3(2-1-14-2)8-4(11)9-6(13)10(15-9)5(8)12/h2-3H,1H2. The molecule has 0 N–H and O–H groups in total. The van der Waals surface area contributed by atoms with Gasteiger partial charge in [-0.25, -0.2) is 19.0 Å². The monoisotopic (exact) mass is 233 g/mol. The van der Waals surface area contributed by atoms with Crippen molar-refractivity contribution in [3.8, 4) is 0 Å². The van der Waals surface area contributed by atoms with Crippen molar-refractivity contribution in [3.05, 3.63) is 31.5 Å². The highest BCUT2D eigenvalue weighted by Gasteiger charge is 2.36. The normalized spacial score (nSPS) is 22.3. The fraction of sp³-hybridized carbons (Fsp3) is 0.500. The Balaban J connectivity index is 2.31. The van der Waals surface area contributed by atoms with Crippen molar-refractivity contribution in [1.82, 2.24) is 13.7 Å². The highest BCUT2D eigenvalue weighted by Crippen LogP contribution is 2.25. The van der Waals surface area contributed by atoms with E-state index in [4.69, 9.17) is 16.3 Å². The van der Waals surface area contributed by atoms with Crippen LogP contribution in [0.3, 0.4) is 0 Å². The summed E-state index contributed by atoms with van der Waals surface area (Å²) in [5.74, 6) is 0. The van der Waals surface area contributed by atoms with Gasteiger partial charge in [0.05, 0.1) is 6.61 Å². The van der Waals surface area contributed by atoms with E-state index >= 15 is 0 Å². The van der Waals surface area contributed by atoms with Crippen LogP contribution < -0.4 is 17.1 Å². The van der Waals surface area contributed by atoms with Gasteiger partial charge in [-0.2, -0.15) is 0 Å². The molecule has 4 heterocycles. The van der Waals surface area contributed by atoms with Crippen LogP contribution >= 0.6 is 11.6 Å². The highest BCUT2D eigenvalue weighted by molar-refractivity contribution is 6.19. The first-order valence-corrected chi connectivity index (χ1v) is 4.50. The van der Waals surface area contributed by atoms with Crippen molar-refractivity contribution >= 4 is 11.6 Å². The number of hydrogen-bond acceptors (Lipinski definition) is 5. The van der Waals surface area contributed by atoms with E-state index in [0.717, 1.165) is 4.57 Å². The summed E-state index contributed by atoms with van der Waals surface area (Å²) in [7, 11) is 0. The molecule has 2 atom stereocenters. The summed E-state index contributed by atoms with van der Waals surface area (Å²) < 4.78 is 11.0. The number of alkyl halides is 1. The lowest BCUT2D eigenvalue weighted by atomic mass is 10.4. The molecule has 2 bridgehead atoms. The first-order valence-electron chi connectivity index (χ1n) is 4.06. The van der Waals surface area contributed by atoms with Crippen molar-refractivity contribution in [2.75, 3.05) is 6.61 Å². The maximum absolute atomic E-state index is 11.5. The summed E-state index contributed by atoms with van der Waals surface area (Å²) in [6.07, 6.45) is -0.366. The van der Waals surface area contributed by atoms with E-state index in [1.165, 1.54) is 0 Å². The molecule has 1 fully saturated rings. The summed E-state index contributed by atoms with van der Waals surface area (Å²) in [6.45, 7) is 0.389. The zero-order chi connectivity index (χ0) is 10.7. The molecule has 3 aromatic rings. The smallest absolute Gasteiger partial charge is 0.369 e.